The van der Waals surface area contributed by atoms with Crippen LogP contribution in [0.1, 0.15) is 36.3 Å². The topological polar surface area (TPSA) is 35.2 Å². The number of methoxy groups -OCH3 is 1. The quantitative estimate of drug-likeness (QED) is 0.819. The van der Waals surface area contributed by atoms with Crippen molar-refractivity contribution in [1.29, 1.82) is 0 Å². The first-order valence-electron chi connectivity index (χ1n) is 5.72. The van der Waals surface area contributed by atoms with Crippen molar-refractivity contribution in [3.63, 3.8) is 0 Å². The van der Waals surface area contributed by atoms with E-state index in [4.69, 9.17) is 10.5 Å². The van der Waals surface area contributed by atoms with E-state index in [1.54, 1.807) is 7.11 Å². The van der Waals surface area contributed by atoms with Gasteiger partial charge in [0.05, 0.1) is 7.11 Å². The van der Waals surface area contributed by atoms with E-state index in [-0.39, 0.29) is 0 Å². The predicted molar refractivity (Wildman–Crippen MR) is 62.3 cm³/mol. The Labute approximate surface area is 91.4 Å². The van der Waals surface area contributed by atoms with Gasteiger partial charge in [-0.3, -0.25) is 0 Å². The molecule has 0 aliphatic heterocycles. The molecular formula is C13H19NO. The van der Waals surface area contributed by atoms with Crippen molar-refractivity contribution in [1.82, 2.24) is 0 Å². The van der Waals surface area contributed by atoms with E-state index in [1.807, 2.05) is 0 Å². The van der Waals surface area contributed by atoms with Crippen LogP contribution in [0.25, 0.3) is 0 Å². The molecule has 0 aromatic heterocycles. The molecule has 1 aliphatic carbocycles. The molecule has 2 rings (SSSR count). The third kappa shape index (κ3) is 2.15. The lowest BCUT2D eigenvalue weighted by Crippen LogP contribution is -2.02. The Morgan fingerprint density at radius 1 is 1.47 bits per heavy atom. The summed E-state index contributed by atoms with van der Waals surface area (Å²) in [6.45, 7) is 0.801. The number of fused-ring (bicyclic) bond motifs is 1. The van der Waals surface area contributed by atoms with Crippen LogP contribution in [0.5, 0.6) is 5.75 Å². The second-order valence-corrected chi connectivity index (χ2v) is 4.23. The van der Waals surface area contributed by atoms with Gasteiger partial charge in [-0.15, -0.1) is 0 Å². The highest BCUT2D eigenvalue weighted by Crippen LogP contribution is 2.37. The van der Waals surface area contributed by atoms with Gasteiger partial charge in [0.25, 0.3) is 0 Å². The summed E-state index contributed by atoms with van der Waals surface area (Å²) in [5.41, 5.74) is 8.54. The van der Waals surface area contributed by atoms with Crippen LogP contribution in [0, 0.1) is 0 Å². The first-order valence-corrected chi connectivity index (χ1v) is 5.72. The van der Waals surface area contributed by atoms with Crippen molar-refractivity contribution in [3.05, 3.63) is 29.3 Å². The van der Waals surface area contributed by atoms with Gasteiger partial charge in [-0.25, -0.2) is 0 Å². The smallest absolute Gasteiger partial charge is 0.119 e. The van der Waals surface area contributed by atoms with Gasteiger partial charge in [-0.05, 0) is 61.4 Å². The van der Waals surface area contributed by atoms with Crippen molar-refractivity contribution >= 4 is 0 Å². The van der Waals surface area contributed by atoms with Gasteiger partial charge in [0, 0.05) is 0 Å². The van der Waals surface area contributed by atoms with Gasteiger partial charge in [-0.2, -0.15) is 0 Å². The van der Waals surface area contributed by atoms with E-state index in [9.17, 15) is 0 Å². The molecule has 0 bridgehead atoms. The standard InChI is InChI=1S/C13H19NO/c1-15-12-7-6-11-5-4-10(3-2-8-14)13(11)9-12/h6-7,9-10H,2-5,8,14H2,1H3/t10-/m0/s1. The van der Waals surface area contributed by atoms with Gasteiger partial charge in [0.1, 0.15) is 5.75 Å². The van der Waals surface area contributed by atoms with Crippen LogP contribution >= 0.6 is 0 Å². The van der Waals surface area contributed by atoms with E-state index in [0.717, 1.165) is 18.7 Å². The molecule has 0 spiro atoms. The maximum atomic E-state index is 5.56. The van der Waals surface area contributed by atoms with Crippen LogP contribution in [0.3, 0.4) is 0 Å². The molecule has 0 heterocycles. The minimum absolute atomic E-state index is 0.707. The summed E-state index contributed by atoms with van der Waals surface area (Å²) in [5, 5.41) is 0. The fourth-order valence-corrected chi connectivity index (χ4v) is 2.46. The van der Waals surface area contributed by atoms with Crippen LogP contribution in [-0.4, -0.2) is 13.7 Å². The molecule has 0 radical (unpaired) electrons. The Bertz CT molecular complexity index is 335. The molecule has 1 atom stereocenters. The van der Waals surface area contributed by atoms with Gasteiger partial charge in [-0.1, -0.05) is 6.07 Å². The van der Waals surface area contributed by atoms with E-state index in [0.29, 0.717) is 5.92 Å². The minimum atomic E-state index is 0.707. The summed E-state index contributed by atoms with van der Waals surface area (Å²) >= 11 is 0. The summed E-state index contributed by atoms with van der Waals surface area (Å²) in [4.78, 5) is 0. The Kier molecular flexibility index (Phi) is 3.27. The monoisotopic (exact) mass is 205 g/mol. The van der Waals surface area contributed by atoms with Gasteiger partial charge >= 0.3 is 0 Å². The molecule has 1 aliphatic rings. The number of nitrogens with two attached hydrogens (primary N) is 1. The Morgan fingerprint density at radius 3 is 3.07 bits per heavy atom. The lowest BCUT2D eigenvalue weighted by Gasteiger charge is -2.11. The highest BCUT2D eigenvalue weighted by Gasteiger charge is 2.22. The molecule has 82 valence electrons. The number of ether oxygens (including phenoxy) is 1. The highest BCUT2D eigenvalue weighted by molar-refractivity contribution is 5.41. The van der Waals surface area contributed by atoms with Crippen LogP contribution in [0.15, 0.2) is 18.2 Å². The molecule has 0 saturated heterocycles. The summed E-state index contributed by atoms with van der Waals surface area (Å²) in [6, 6.07) is 6.46. The fraction of sp³-hybridized carbons (Fsp3) is 0.538. The molecule has 0 fully saturated rings. The molecule has 15 heavy (non-hydrogen) atoms. The van der Waals surface area contributed by atoms with E-state index in [2.05, 4.69) is 18.2 Å². The predicted octanol–water partition coefficient (Wildman–Crippen LogP) is 2.46. The van der Waals surface area contributed by atoms with Crippen LogP contribution in [-0.2, 0) is 6.42 Å². The van der Waals surface area contributed by atoms with Crippen molar-refractivity contribution in [2.24, 2.45) is 5.73 Å². The zero-order valence-corrected chi connectivity index (χ0v) is 9.33. The zero-order chi connectivity index (χ0) is 10.7. The Balaban J connectivity index is 2.16. The summed E-state index contributed by atoms with van der Waals surface area (Å²) in [5.74, 6) is 1.69. The molecule has 2 nitrogen and oxygen atoms in total. The number of aryl methyl sites for hydroxylation is 1. The van der Waals surface area contributed by atoms with E-state index >= 15 is 0 Å². The SMILES string of the molecule is COc1ccc2c(c1)[C@@H](CCCN)CC2. The molecule has 1 aromatic carbocycles. The maximum Gasteiger partial charge on any atom is 0.119 e. The van der Waals surface area contributed by atoms with E-state index in [1.165, 1.54) is 30.4 Å². The summed E-state index contributed by atoms with van der Waals surface area (Å²) < 4.78 is 5.27. The first-order chi connectivity index (χ1) is 7.35. The molecule has 2 heteroatoms. The summed E-state index contributed by atoms with van der Waals surface area (Å²) in [6.07, 6.45) is 4.84. The molecule has 0 saturated carbocycles. The average molecular weight is 205 g/mol. The van der Waals surface area contributed by atoms with Crippen molar-refractivity contribution in [2.45, 2.75) is 31.6 Å². The van der Waals surface area contributed by atoms with Gasteiger partial charge in [0.2, 0.25) is 0 Å². The summed E-state index contributed by atoms with van der Waals surface area (Å²) in [7, 11) is 1.73. The first kappa shape index (κ1) is 10.5. The van der Waals surface area contributed by atoms with Crippen LogP contribution < -0.4 is 10.5 Å². The molecule has 0 amide bonds. The number of benzene rings is 1. The third-order valence-corrected chi connectivity index (χ3v) is 3.31. The third-order valence-electron chi connectivity index (χ3n) is 3.31. The normalized spacial score (nSPS) is 18.9. The fourth-order valence-electron chi connectivity index (χ4n) is 2.46. The van der Waals surface area contributed by atoms with Crippen molar-refractivity contribution < 1.29 is 4.74 Å². The average Bonchev–Trinajstić information content (AvgIpc) is 2.68. The maximum absolute atomic E-state index is 5.56. The molecule has 2 N–H and O–H groups in total. The van der Waals surface area contributed by atoms with Crippen LogP contribution in [0.4, 0.5) is 0 Å². The van der Waals surface area contributed by atoms with Crippen LogP contribution in [0.2, 0.25) is 0 Å². The number of hydrogen-bond donors (Lipinski definition) is 1. The molecular weight excluding hydrogens is 186 g/mol. The second-order valence-electron chi connectivity index (χ2n) is 4.23. The minimum Gasteiger partial charge on any atom is -0.497 e. The number of hydrogen-bond acceptors (Lipinski definition) is 2. The van der Waals surface area contributed by atoms with Gasteiger partial charge < -0.3 is 10.5 Å². The molecule has 0 unspecified atom stereocenters. The lowest BCUT2D eigenvalue weighted by molar-refractivity contribution is 0.413. The lowest BCUT2D eigenvalue weighted by atomic mass is 9.96. The van der Waals surface area contributed by atoms with E-state index < -0.39 is 0 Å². The Hall–Kier alpha value is -1.02. The largest absolute Gasteiger partial charge is 0.497 e. The second kappa shape index (κ2) is 4.67. The molecule has 1 aromatic rings. The number of rotatable bonds is 4. The Morgan fingerprint density at radius 2 is 2.33 bits per heavy atom. The van der Waals surface area contributed by atoms with Gasteiger partial charge in [0.15, 0.2) is 0 Å². The highest BCUT2D eigenvalue weighted by atomic mass is 16.5. The zero-order valence-electron chi connectivity index (χ0n) is 9.33. The van der Waals surface area contributed by atoms with Crippen molar-refractivity contribution in [2.75, 3.05) is 13.7 Å². The van der Waals surface area contributed by atoms with Crippen molar-refractivity contribution in [3.8, 4) is 5.75 Å².